The van der Waals surface area contributed by atoms with E-state index in [0.29, 0.717) is 0 Å². The molecule has 0 saturated carbocycles. The van der Waals surface area contributed by atoms with E-state index in [1.54, 1.807) is 53.7 Å². The van der Waals surface area contributed by atoms with Gasteiger partial charge in [0.25, 0.3) is 0 Å². The second kappa shape index (κ2) is 5.65. The zero-order valence-corrected chi connectivity index (χ0v) is 12.9. The highest BCUT2D eigenvalue weighted by Crippen LogP contribution is 2.18. The Hall–Kier alpha value is -1.84. The molecular weight excluding hydrogens is 256 g/mol. The van der Waals surface area contributed by atoms with Crippen LogP contribution in [0, 0.1) is 6.07 Å². The summed E-state index contributed by atoms with van der Waals surface area (Å²) in [5, 5.41) is 0. The van der Waals surface area contributed by atoms with Gasteiger partial charge in [0.2, 0.25) is 0 Å². The summed E-state index contributed by atoms with van der Waals surface area (Å²) in [4.78, 5) is 24.2. The molecule has 0 aliphatic rings. The van der Waals surface area contributed by atoms with E-state index >= 15 is 0 Å². The van der Waals surface area contributed by atoms with Crippen molar-refractivity contribution in [1.82, 2.24) is 0 Å². The molecule has 1 rings (SSSR count). The quantitative estimate of drug-likeness (QED) is 0.777. The fourth-order valence-corrected chi connectivity index (χ4v) is 1.44. The topological polar surface area (TPSA) is 52.6 Å². The first kappa shape index (κ1) is 16.2. The summed E-state index contributed by atoms with van der Waals surface area (Å²) in [6, 6.07) is 7.48. The van der Waals surface area contributed by atoms with Gasteiger partial charge in [-0.05, 0) is 53.7 Å². The highest BCUT2D eigenvalue weighted by Gasteiger charge is 2.25. The molecule has 4 heteroatoms. The normalized spacial score (nSPS) is 11.9. The molecule has 0 amide bonds. The molecule has 0 N–H and O–H groups in total. The maximum atomic E-state index is 12.1. The van der Waals surface area contributed by atoms with Gasteiger partial charge >= 0.3 is 11.9 Å². The van der Waals surface area contributed by atoms with Crippen LogP contribution in [0.3, 0.4) is 0 Å². The van der Waals surface area contributed by atoms with Crippen molar-refractivity contribution in [1.29, 1.82) is 0 Å². The van der Waals surface area contributed by atoms with Crippen molar-refractivity contribution in [3.8, 4) is 0 Å². The lowest BCUT2D eigenvalue weighted by atomic mass is 10.1. The molecule has 109 valence electrons. The van der Waals surface area contributed by atoms with Crippen molar-refractivity contribution in [2.24, 2.45) is 0 Å². The minimum Gasteiger partial charge on any atom is -0.456 e. The fraction of sp³-hybridized carbons (Fsp3) is 0.500. The number of hydrogen-bond acceptors (Lipinski definition) is 4. The predicted molar refractivity (Wildman–Crippen MR) is 75.6 cm³/mol. The second-order valence-electron chi connectivity index (χ2n) is 6.46. The Morgan fingerprint density at radius 3 is 1.95 bits per heavy atom. The summed E-state index contributed by atoms with van der Waals surface area (Å²) in [6.07, 6.45) is 0. The van der Waals surface area contributed by atoms with Gasteiger partial charge in [-0.25, -0.2) is 9.59 Å². The third kappa shape index (κ3) is 5.03. The average Bonchev–Trinajstić information content (AvgIpc) is 2.24. The third-order valence-electron chi connectivity index (χ3n) is 2.08. The molecule has 0 aromatic heterocycles. The summed E-state index contributed by atoms with van der Waals surface area (Å²) in [6.45, 7) is 10.6. The van der Waals surface area contributed by atoms with Crippen LogP contribution in [0.1, 0.15) is 62.3 Å². The molecule has 0 aliphatic heterocycles. The van der Waals surface area contributed by atoms with E-state index in [1.807, 2.05) is 0 Å². The molecule has 4 nitrogen and oxygen atoms in total. The van der Waals surface area contributed by atoms with Gasteiger partial charge in [0.1, 0.15) is 11.2 Å². The Labute approximate surface area is 120 Å². The monoisotopic (exact) mass is 277 g/mol. The first-order valence-electron chi connectivity index (χ1n) is 6.47. The Morgan fingerprint density at radius 2 is 1.45 bits per heavy atom. The zero-order chi connectivity index (χ0) is 15.6. The average molecular weight is 277 g/mol. The number of ether oxygens (including phenoxy) is 2. The van der Waals surface area contributed by atoms with Crippen molar-refractivity contribution in [3.63, 3.8) is 0 Å². The molecule has 0 fully saturated rings. The minimum atomic E-state index is -0.633. The molecule has 0 saturated heterocycles. The van der Waals surface area contributed by atoms with Crippen molar-refractivity contribution >= 4 is 11.9 Å². The maximum absolute atomic E-state index is 12.1. The Bertz CT molecular complexity index is 457. The zero-order valence-electron chi connectivity index (χ0n) is 12.9. The van der Waals surface area contributed by atoms with Crippen LogP contribution in [-0.4, -0.2) is 23.1 Å². The van der Waals surface area contributed by atoms with Crippen LogP contribution in [0.2, 0.25) is 0 Å². The van der Waals surface area contributed by atoms with Gasteiger partial charge in [0.05, 0.1) is 11.1 Å². The van der Waals surface area contributed by atoms with Crippen molar-refractivity contribution in [2.75, 3.05) is 0 Å². The Kier molecular flexibility index (Phi) is 4.58. The van der Waals surface area contributed by atoms with Crippen LogP contribution in [0.4, 0.5) is 0 Å². The van der Waals surface area contributed by atoms with Gasteiger partial charge in [-0.15, -0.1) is 0 Å². The van der Waals surface area contributed by atoms with E-state index < -0.39 is 23.1 Å². The van der Waals surface area contributed by atoms with Gasteiger partial charge < -0.3 is 9.47 Å². The Morgan fingerprint density at radius 1 is 0.950 bits per heavy atom. The number of carbonyl (C=O) groups is 2. The largest absolute Gasteiger partial charge is 0.456 e. The smallest absolute Gasteiger partial charge is 0.340 e. The molecule has 20 heavy (non-hydrogen) atoms. The SMILES string of the molecule is CC(C)(C)OC(=O)c1[c]cccc1C(=O)OC(C)(C)C. The van der Waals surface area contributed by atoms with Crippen LogP contribution in [-0.2, 0) is 9.47 Å². The van der Waals surface area contributed by atoms with E-state index in [1.165, 1.54) is 6.07 Å². The molecular formula is C16H21O4. The highest BCUT2D eigenvalue weighted by molar-refractivity contribution is 6.03. The van der Waals surface area contributed by atoms with Gasteiger partial charge in [-0.2, -0.15) is 0 Å². The molecule has 1 aromatic carbocycles. The van der Waals surface area contributed by atoms with Crippen LogP contribution in [0.15, 0.2) is 18.2 Å². The van der Waals surface area contributed by atoms with E-state index in [9.17, 15) is 9.59 Å². The van der Waals surface area contributed by atoms with Crippen molar-refractivity contribution < 1.29 is 19.1 Å². The third-order valence-corrected chi connectivity index (χ3v) is 2.08. The summed E-state index contributed by atoms with van der Waals surface area (Å²) in [7, 11) is 0. The molecule has 0 aliphatic carbocycles. The van der Waals surface area contributed by atoms with E-state index in [0.717, 1.165) is 0 Å². The molecule has 1 aromatic rings. The van der Waals surface area contributed by atoms with E-state index in [4.69, 9.17) is 9.47 Å². The van der Waals surface area contributed by atoms with E-state index in [2.05, 4.69) is 6.07 Å². The number of benzene rings is 1. The molecule has 0 atom stereocenters. The highest BCUT2D eigenvalue weighted by atomic mass is 16.6. The lowest BCUT2D eigenvalue weighted by Crippen LogP contribution is -2.27. The molecule has 1 radical (unpaired) electrons. The molecule has 0 spiro atoms. The van der Waals surface area contributed by atoms with Crippen LogP contribution in [0.25, 0.3) is 0 Å². The second-order valence-corrected chi connectivity index (χ2v) is 6.46. The van der Waals surface area contributed by atoms with E-state index in [-0.39, 0.29) is 11.1 Å². The Balaban J connectivity index is 3.05. The minimum absolute atomic E-state index is 0.0941. The summed E-state index contributed by atoms with van der Waals surface area (Å²) >= 11 is 0. The summed E-state index contributed by atoms with van der Waals surface area (Å²) in [5.41, 5.74) is -1.00. The number of carbonyl (C=O) groups excluding carboxylic acids is 2. The van der Waals surface area contributed by atoms with Crippen LogP contribution < -0.4 is 0 Å². The van der Waals surface area contributed by atoms with Crippen LogP contribution >= 0.6 is 0 Å². The number of rotatable bonds is 2. The number of hydrogen-bond donors (Lipinski definition) is 0. The predicted octanol–water partition coefficient (Wildman–Crippen LogP) is 3.40. The van der Waals surface area contributed by atoms with Gasteiger partial charge in [0, 0.05) is 0 Å². The maximum Gasteiger partial charge on any atom is 0.340 e. The molecule has 0 unspecified atom stereocenters. The number of esters is 2. The lowest BCUT2D eigenvalue weighted by Gasteiger charge is -2.22. The van der Waals surface area contributed by atoms with Gasteiger partial charge in [-0.3, -0.25) is 0 Å². The summed E-state index contributed by atoms with van der Waals surface area (Å²) in [5.74, 6) is -1.14. The first-order valence-corrected chi connectivity index (χ1v) is 6.47. The molecule has 0 heterocycles. The first-order chi connectivity index (χ1) is 8.99. The molecule has 0 bridgehead atoms. The lowest BCUT2D eigenvalue weighted by molar-refractivity contribution is 0.00184. The summed E-state index contributed by atoms with van der Waals surface area (Å²) < 4.78 is 10.5. The van der Waals surface area contributed by atoms with Crippen molar-refractivity contribution in [3.05, 3.63) is 35.4 Å². The standard InChI is InChI=1S/C16H21O4/c1-15(2,3)19-13(17)11-9-7-8-10-12(11)14(18)20-16(4,5)6/h7-9H,1-6H3. The van der Waals surface area contributed by atoms with Gasteiger partial charge in [0.15, 0.2) is 0 Å². The fourth-order valence-electron chi connectivity index (χ4n) is 1.44. The van der Waals surface area contributed by atoms with Crippen LogP contribution in [0.5, 0.6) is 0 Å². The van der Waals surface area contributed by atoms with Gasteiger partial charge in [-0.1, -0.05) is 12.1 Å². The van der Waals surface area contributed by atoms with Crippen molar-refractivity contribution in [2.45, 2.75) is 52.7 Å².